The summed E-state index contributed by atoms with van der Waals surface area (Å²) in [5.74, 6) is 0.525. The maximum atomic E-state index is 4.51. The summed E-state index contributed by atoms with van der Waals surface area (Å²) in [5, 5.41) is 0. The highest BCUT2D eigenvalue weighted by Crippen LogP contribution is 2.34. The first-order valence-electron chi connectivity index (χ1n) is 4.94. The summed E-state index contributed by atoms with van der Waals surface area (Å²) in [6.07, 6.45) is 5.24. The summed E-state index contributed by atoms with van der Waals surface area (Å²) in [7, 11) is 0. The number of allylic oxidation sites excluding steroid dienone is 1. The van der Waals surface area contributed by atoms with Crippen LogP contribution < -0.4 is 0 Å². The van der Waals surface area contributed by atoms with Gasteiger partial charge in [-0.2, -0.15) is 0 Å². The third kappa shape index (κ3) is 1.52. The predicted molar refractivity (Wildman–Crippen MR) is 63.4 cm³/mol. The Kier molecular flexibility index (Phi) is 2.48. The number of pyridine rings is 1. The van der Waals surface area contributed by atoms with Crippen molar-refractivity contribution in [1.29, 1.82) is 0 Å². The SMILES string of the molecule is CC1=Cc2c(ncc(C(C)C)c2Br)C1. The fourth-order valence-corrected chi connectivity index (χ4v) is 2.71. The quantitative estimate of drug-likeness (QED) is 0.738. The summed E-state index contributed by atoms with van der Waals surface area (Å²) < 4.78 is 1.23. The van der Waals surface area contributed by atoms with Gasteiger partial charge < -0.3 is 0 Å². The molecule has 74 valence electrons. The highest BCUT2D eigenvalue weighted by Gasteiger charge is 2.17. The first kappa shape index (κ1) is 9.91. The molecule has 0 unspecified atom stereocenters. The maximum absolute atomic E-state index is 4.51. The number of aromatic nitrogens is 1. The Balaban J connectivity index is 2.57. The van der Waals surface area contributed by atoms with E-state index in [0.29, 0.717) is 5.92 Å². The van der Waals surface area contributed by atoms with Crippen LogP contribution in [-0.2, 0) is 6.42 Å². The molecule has 2 heteroatoms. The molecule has 0 atom stereocenters. The molecule has 1 nitrogen and oxygen atoms in total. The zero-order valence-electron chi connectivity index (χ0n) is 8.76. The summed E-state index contributed by atoms with van der Waals surface area (Å²) >= 11 is 3.68. The Labute approximate surface area is 93.4 Å². The second-order valence-corrected chi connectivity index (χ2v) is 5.00. The molecule has 0 saturated heterocycles. The average Bonchev–Trinajstić information content (AvgIpc) is 2.46. The monoisotopic (exact) mass is 251 g/mol. The van der Waals surface area contributed by atoms with Gasteiger partial charge in [0, 0.05) is 22.7 Å². The van der Waals surface area contributed by atoms with Gasteiger partial charge in [0.15, 0.2) is 0 Å². The van der Waals surface area contributed by atoms with Crippen molar-refractivity contribution >= 4 is 22.0 Å². The third-order valence-corrected chi connectivity index (χ3v) is 3.50. The van der Waals surface area contributed by atoms with Gasteiger partial charge in [0.1, 0.15) is 0 Å². The van der Waals surface area contributed by atoms with E-state index in [1.54, 1.807) is 0 Å². The van der Waals surface area contributed by atoms with Gasteiger partial charge in [0.25, 0.3) is 0 Å². The summed E-state index contributed by atoms with van der Waals surface area (Å²) in [4.78, 5) is 4.51. The average molecular weight is 252 g/mol. The summed E-state index contributed by atoms with van der Waals surface area (Å²) in [5.41, 5.74) is 5.19. The van der Waals surface area contributed by atoms with Crippen molar-refractivity contribution < 1.29 is 0 Å². The molecule has 1 aromatic heterocycles. The van der Waals surface area contributed by atoms with E-state index in [-0.39, 0.29) is 0 Å². The molecule has 0 radical (unpaired) electrons. The second-order valence-electron chi connectivity index (χ2n) is 4.21. The van der Waals surface area contributed by atoms with Crippen LogP contribution in [0.15, 0.2) is 16.2 Å². The molecule has 14 heavy (non-hydrogen) atoms. The predicted octanol–water partition coefficient (Wildman–Crippen LogP) is 3.93. The minimum atomic E-state index is 0.525. The third-order valence-electron chi connectivity index (χ3n) is 2.62. The van der Waals surface area contributed by atoms with E-state index in [1.807, 2.05) is 6.20 Å². The van der Waals surface area contributed by atoms with Crippen LogP contribution in [0.1, 0.15) is 43.5 Å². The first-order valence-corrected chi connectivity index (χ1v) is 5.73. The van der Waals surface area contributed by atoms with E-state index in [4.69, 9.17) is 0 Å². The molecular formula is C12H14BrN. The zero-order chi connectivity index (χ0) is 10.3. The molecule has 0 amide bonds. The smallest absolute Gasteiger partial charge is 0.0527 e. The second kappa shape index (κ2) is 3.50. The van der Waals surface area contributed by atoms with Gasteiger partial charge >= 0.3 is 0 Å². The molecular weight excluding hydrogens is 238 g/mol. The number of fused-ring (bicyclic) bond motifs is 1. The van der Waals surface area contributed by atoms with Crippen LogP contribution in [0.5, 0.6) is 0 Å². The molecule has 0 fully saturated rings. The number of rotatable bonds is 1. The molecule has 0 N–H and O–H groups in total. The highest BCUT2D eigenvalue weighted by molar-refractivity contribution is 9.10. The standard InChI is InChI=1S/C12H14BrN/c1-7(2)10-6-14-11-5-8(3)4-9(11)12(10)13/h4,6-7H,5H2,1-3H3. The van der Waals surface area contributed by atoms with Crippen LogP contribution in [0.4, 0.5) is 0 Å². The van der Waals surface area contributed by atoms with Crippen molar-refractivity contribution in [1.82, 2.24) is 4.98 Å². The Morgan fingerprint density at radius 2 is 2.14 bits per heavy atom. The van der Waals surface area contributed by atoms with Crippen molar-refractivity contribution in [2.45, 2.75) is 33.1 Å². The number of hydrogen-bond donors (Lipinski definition) is 0. The van der Waals surface area contributed by atoms with Gasteiger partial charge in [-0.05, 0) is 34.3 Å². The van der Waals surface area contributed by atoms with Crippen molar-refractivity contribution in [2.24, 2.45) is 0 Å². The van der Waals surface area contributed by atoms with E-state index < -0.39 is 0 Å². The Morgan fingerprint density at radius 1 is 1.43 bits per heavy atom. The van der Waals surface area contributed by atoms with Crippen molar-refractivity contribution in [2.75, 3.05) is 0 Å². The lowest BCUT2D eigenvalue weighted by Crippen LogP contribution is -1.97. The normalized spacial score (nSPS) is 14.5. The first-order chi connectivity index (χ1) is 6.59. The molecule has 1 heterocycles. The fraction of sp³-hybridized carbons (Fsp3) is 0.417. The van der Waals surface area contributed by atoms with E-state index in [0.717, 1.165) is 6.42 Å². The summed E-state index contributed by atoms with van der Waals surface area (Å²) in [6, 6.07) is 0. The van der Waals surface area contributed by atoms with Gasteiger partial charge in [-0.15, -0.1) is 0 Å². The van der Waals surface area contributed by atoms with Gasteiger partial charge in [0.2, 0.25) is 0 Å². The Bertz CT molecular complexity index is 405. The molecule has 0 aliphatic heterocycles. The highest BCUT2D eigenvalue weighted by atomic mass is 79.9. The molecule has 2 rings (SSSR count). The topological polar surface area (TPSA) is 12.9 Å². The molecule has 1 aromatic rings. The van der Waals surface area contributed by atoms with E-state index in [9.17, 15) is 0 Å². The number of halogens is 1. The van der Waals surface area contributed by atoms with Crippen LogP contribution in [0.3, 0.4) is 0 Å². The Morgan fingerprint density at radius 3 is 2.79 bits per heavy atom. The zero-order valence-corrected chi connectivity index (χ0v) is 10.4. The van der Waals surface area contributed by atoms with Crippen LogP contribution in [0.2, 0.25) is 0 Å². The van der Waals surface area contributed by atoms with Crippen LogP contribution >= 0.6 is 15.9 Å². The molecule has 0 aromatic carbocycles. The van der Waals surface area contributed by atoms with Crippen molar-refractivity contribution in [3.63, 3.8) is 0 Å². The number of nitrogens with zero attached hydrogens (tertiary/aromatic N) is 1. The van der Waals surface area contributed by atoms with Gasteiger partial charge in [-0.3, -0.25) is 4.98 Å². The van der Waals surface area contributed by atoms with Gasteiger partial charge in [-0.1, -0.05) is 25.5 Å². The number of hydrogen-bond acceptors (Lipinski definition) is 1. The minimum absolute atomic E-state index is 0.525. The fourth-order valence-electron chi connectivity index (χ4n) is 1.81. The minimum Gasteiger partial charge on any atom is -0.260 e. The van der Waals surface area contributed by atoms with Crippen LogP contribution in [0.25, 0.3) is 6.08 Å². The van der Waals surface area contributed by atoms with E-state index in [2.05, 4.69) is 47.8 Å². The van der Waals surface area contributed by atoms with Crippen LogP contribution in [-0.4, -0.2) is 4.98 Å². The van der Waals surface area contributed by atoms with Crippen LogP contribution in [0, 0.1) is 0 Å². The lowest BCUT2D eigenvalue weighted by molar-refractivity contribution is 0.846. The molecule has 0 saturated carbocycles. The van der Waals surface area contributed by atoms with E-state index in [1.165, 1.54) is 26.9 Å². The van der Waals surface area contributed by atoms with E-state index >= 15 is 0 Å². The molecule has 1 aliphatic carbocycles. The lowest BCUT2D eigenvalue weighted by Gasteiger charge is -2.10. The van der Waals surface area contributed by atoms with Gasteiger partial charge in [0.05, 0.1) is 5.69 Å². The lowest BCUT2D eigenvalue weighted by atomic mass is 10.0. The maximum Gasteiger partial charge on any atom is 0.0527 e. The molecule has 0 bridgehead atoms. The summed E-state index contributed by atoms with van der Waals surface area (Å²) in [6.45, 7) is 6.54. The van der Waals surface area contributed by atoms with Crippen molar-refractivity contribution in [3.8, 4) is 0 Å². The largest absolute Gasteiger partial charge is 0.260 e. The van der Waals surface area contributed by atoms with Gasteiger partial charge in [-0.25, -0.2) is 0 Å². The Hall–Kier alpha value is -0.630. The molecule has 0 spiro atoms. The molecule has 1 aliphatic rings. The van der Waals surface area contributed by atoms with Crippen molar-refractivity contribution in [3.05, 3.63) is 33.1 Å².